The Hall–Kier alpha value is -1.46. The summed E-state index contributed by atoms with van der Waals surface area (Å²) in [6.07, 6.45) is 0. The van der Waals surface area contributed by atoms with E-state index in [9.17, 15) is 0 Å². The molecule has 0 saturated heterocycles. The molecule has 2 aromatic carbocycles. The van der Waals surface area contributed by atoms with Crippen molar-refractivity contribution >= 4 is 34.2 Å². The Morgan fingerprint density at radius 3 is 2.44 bits per heavy atom. The van der Waals surface area contributed by atoms with Crippen molar-refractivity contribution in [2.24, 2.45) is 0 Å². The molecule has 0 saturated carbocycles. The van der Waals surface area contributed by atoms with Crippen LogP contribution in [0.15, 0.2) is 36.4 Å². The summed E-state index contributed by atoms with van der Waals surface area (Å²) in [5.41, 5.74) is 9.20. The molecule has 2 N–H and O–H groups in total. The van der Waals surface area contributed by atoms with Crippen LogP contribution in [-0.2, 0) is 0 Å². The second kappa shape index (κ2) is 4.03. The second-order valence-electron chi connectivity index (χ2n) is 5.17. The van der Waals surface area contributed by atoms with Crippen LogP contribution in [0.2, 0.25) is 0 Å². The highest BCUT2D eigenvalue weighted by atomic mass is 31.1. The lowest BCUT2D eigenvalue weighted by Gasteiger charge is -2.09. The predicted octanol–water partition coefficient (Wildman–Crippen LogP) is 5.45. The van der Waals surface area contributed by atoms with Crippen molar-refractivity contribution in [2.45, 2.75) is 26.4 Å². The van der Waals surface area contributed by atoms with Gasteiger partial charge in [0, 0.05) is 15.9 Å². The normalized spacial score (nSPS) is 12.8. The maximum absolute atomic E-state index is 6.36. The Bertz CT molecular complexity index is 738. The third-order valence-corrected chi connectivity index (χ3v) is 6.55. The zero-order valence-electron chi connectivity index (χ0n) is 11.1. The third kappa shape index (κ3) is 1.47. The number of hydrogen-bond acceptors (Lipinski definition) is 1. The van der Waals surface area contributed by atoms with Gasteiger partial charge in [-0.3, -0.25) is 0 Å². The molecular formula is C16H18NP. The van der Waals surface area contributed by atoms with Gasteiger partial charge in [-0.1, -0.05) is 50.2 Å². The summed E-state index contributed by atoms with van der Waals surface area (Å²) >= 11 is 0. The molecule has 1 aromatic heterocycles. The summed E-state index contributed by atoms with van der Waals surface area (Å²) in [5.74, 6) is 0. The highest BCUT2D eigenvalue weighted by Gasteiger charge is 2.16. The van der Waals surface area contributed by atoms with Crippen LogP contribution in [0.3, 0.4) is 0 Å². The summed E-state index contributed by atoms with van der Waals surface area (Å²) in [7, 11) is -0.298. The van der Waals surface area contributed by atoms with Crippen molar-refractivity contribution in [3.05, 3.63) is 42.0 Å². The maximum Gasteiger partial charge on any atom is 0.0464 e. The molecule has 0 spiro atoms. The molecule has 0 aliphatic rings. The molecule has 1 nitrogen and oxygen atoms in total. The standard InChI is InChI=1S/C16H18NP/c1-10(2)18-14-7-5-4-6-12(14)13-9-8-11(3)15(17)16(13)18/h4-10H,17H2,1-3H3. The van der Waals surface area contributed by atoms with Crippen LogP contribution in [0.25, 0.3) is 21.0 Å². The first-order chi connectivity index (χ1) is 8.61. The van der Waals surface area contributed by atoms with E-state index in [0.29, 0.717) is 5.66 Å². The van der Waals surface area contributed by atoms with Gasteiger partial charge in [0.15, 0.2) is 0 Å². The molecule has 0 radical (unpaired) electrons. The van der Waals surface area contributed by atoms with E-state index in [1.54, 1.807) is 0 Å². The van der Waals surface area contributed by atoms with Crippen LogP contribution < -0.4 is 5.73 Å². The van der Waals surface area contributed by atoms with Gasteiger partial charge >= 0.3 is 0 Å². The van der Waals surface area contributed by atoms with Gasteiger partial charge in [0.05, 0.1) is 0 Å². The van der Waals surface area contributed by atoms with E-state index in [0.717, 1.165) is 5.69 Å². The highest BCUT2D eigenvalue weighted by molar-refractivity contribution is 7.62. The van der Waals surface area contributed by atoms with E-state index in [2.05, 4.69) is 57.2 Å². The van der Waals surface area contributed by atoms with Crippen LogP contribution >= 0.6 is 7.53 Å². The van der Waals surface area contributed by atoms with Gasteiger partial charge in [0.2, 0.25) is 0 Å². The summed E-state index contributed by atoms with van der Waals surface area (Å²) in [5, 5.41) is 5.64. The van der Waals surface area contributed by atoms with Gasteiger partial charge in [-0.2, -0.15) is 0 Å². The fourth-order valence-electron chi connectivity index (χ4n) is 2.75. The maximum atomic E-state index is 6.36. The molecule has 0 fully saturated rings. The van der Waals surface area contributed by atoms with E-state index in [1.807, 2.05) is 0 Å². The van der Waals surface area contributed by atoms with Crippen LogP contribution in [-0.4, -0.2) is 0 Å². The van der Waals surface area contributed by atoms with Crippen LogP contribution in [0.1, 0.15) is 25.1 Å². The first-order valence-electron chi connectivity index (χ1n) is 6.39. The van der Waals surface area contributed by atoms with Crippen molar-refractivity contribution in [3.8, 4) is 0 Å². The predicted molar refractivity (Wildman–Crippen MR) is 83.7 cm³/mol. The average molecular weight is 255 g/mol. The number of fused-ring (bicyclic) bond motifs is 3. The molecule has 2 heteroatoms. The highest BCUT2D eigenvalue weighted by Crippen LogP contribution is 2.57. The Balaban J connectivity index is 2.63. The summed E-state index contributed by atoms with van der Waals surface area (Å²) < 4.78 is 0. The van der Waals surface area contributed by atoms with Gasteiger partial charge in [-0.05, 0) is 28.9 Å². The fraction of sp³-hybridized carbons (Fsp3) is 0.250. The Morgan fingerprint density at radius 2 is 1.72 bits per heavy atom. The first kappa shape index (κ1) is 11.6. The van der Waals surface area contributed by atoms with Gasteiger partial charge in [-0.15, -0.1) is 7.53 Å². The van der Waals surface area contributed by atoms with Gasteiger partial charge in [0.1, 0.15) is 0 Å². The molecule has 0 bridgehead atoms. The van der Waals surface area contributed by atoms with Crippen molar-refractivity contribution in [2.75, 3.05) is 5.73 Å². The molecule has 0 aliphatic heterocycles. The second-order valence-corrected chi connectivity index (χ2v) is 7.88. The van der Waals surface area contributed by atoms with Crippen LogP contribution in [0.5, 0.6) is 0 Å². The Kier molecular flexibility index (Phi) is 2.60. The zero-order chi connectivity index (χ0) is 12.9. The fourth-order valence-corrected chi connectivity index (χ4v) is 5.66. The van der Waals surface area contributed by atoms with Crippen molar-refractivity contribution < 1.29 is 0 Å². The van der Waals surface area contributed by atoms with Gasteiger partial charge < -0.3 is 5.73 Å². The molecule has 0 aliphatic carbocycles. The van der Waals surface area contributed by atoms with E-state index < -0.39 is 0 Å². The zero-order valence-corrected chi connectivity index (χ0v) is 12.0. The van der Waals surface area contributed by atoms with E-state index >= 15 is 0 Å². The molecule has 3 aromatic rings. The molecule has 3 rings (SSSR count). The van der Waals surface area contributed by atoms with E-state index in [-0.39, 0.29) is 7.53 Å². The monoisotopic (exact) mass is 255 g/mol. The van der Waals surface area contributed by atoms with Crippen molar-refractivity contribution in [1.82, 2.24) is 0 Å². The lowest BCUT2D eigenvalue weighted by Crippen LogP contribution is -1.89. The Morgan fingerprint density at radius 1 is 1.00 bits per heavy atom. The number of benzene rings is 2. The number of aryl methyl sites for hydroxylation is 1. The van der Waals surface area contributed by atoms with Crippen LogP contribution in [0.4, 0.5) is 5.69 Å². The Labute approximate surface area is 109 Å². The summed E-state index contributed by atoms with van der Waals surface area (Å²) in [6, 6.07) is 13.2. The number of nitrogens with two attached hydrogens (primary N) is 1. The minimum Gasteiger partial charge on any atom is -0.398 e. The quantitative estimate of drug-likeness (QED) is 0.575. The van der Waals surface area contributed by atoms with Gasteiger partial charge in [-0.25, -0.2) is 0 Å². The molecule has 1 heterocycles. The van der Waals surface area contributed by atoms with E-state index in [4.69, 9.17) is 5.73 Å². The van der Waals surface area contributed by atoms with E-state index in [1.165, 1.54) is 26.6 Å². The van der Waals surface area contributed by atoms with Crippen molar-refractivity contribution in [1.29, 1.82) is 0 Å². The smallest absolute Gasteiger partial charge is 0.0464 e. The number of anilines is 1. The lowest BCUT2D eigenvalue weighted by atomic mass is 10.1. The third-order valence-electron chi connectivity index (χ3n) is 3.65. The van der Waals surface area contributed by atoms with Crippen LogP contribution in [0, 0.1) is 6.92 Å². The molecule has 1 atom stereocenters. The molecule has 1 unspecified atom stereocenters. The molecular weight excluding hydrogens is 237 g/mol. The minimum absolute atomic E-state index is 0.298. The summed E-state index contributed by atoms with van der Waals surface area (Å²) in [6.45, 7) is 6.71. The summed E-state index contributed by atoms with van der Waals surface area (Å²) in [4.78, 5) is 0. The molecule has 92 valence electrons. The largest absolute Gasteiger partial charge is 0.398 e. The SMILES string of the molecule is Cc1ccc2c3ccccc3p(C(C)C)c2c1N. The molecule has 18 heavy (non-hydrogen) atoms. The van der Waals surface area contributed by atoms with Crippen molar-refractivity contribution in [3.63, 3.8) is 0 Å². The topological polar surface area (TPSA) is 26.0 Å². The number of rotatable bonds is 1. The van der Waals surface area contributed by atoms with Gasteiger partial charge in [0.25, 0.3) is 0 Å². The first-order valence-corrected chi connectivity index (χ1v) is 7.80. The average Bonchev–Trinajstić information content (AvgIpc) is 2.69. The number of nitrogen functional groups attached to an aromatic ring is 1. The minimum atomic E-state index is -0.298. The lowest BCUT2D eigenvalue weighted by molar-refractivity contribution is 1.04. The number of hydrogen-bond donors (Lipinski definition) is 1. The molecule has 0 amide bonds.